The van der Waals surface area contributed by atoms with Gasteiger partial charge in [-0.05, 0) is 32.4 Å². The minimum atomic E-state index is -1.04. The van der Waals surface area contributed by atoms with Gasteiger partial charge in [0.1, 0.15) is 0 Å². The molecule has 0 spiro atoms. The van der Waals surface area contributed by atoms with Crippen molar-refractivity contribution < 1.29 is 10.2 Å². The molecule has 1 rings (SSSR count). The van der Waals surface area contributed by atoms with Crippen molar-refractivity contribution in [1.29, 1.82) is 0 Å². The standard InChI is InChI=1S/C12H21NO2S/c1-4-10-5-6-11(16-10)9(2)13-7-12(3,15)8-14/h5-6,9,13-15H,4,7-8H2,1-3H3. The number of aryl methyl sites for hydroxylation is 1. The third-order valence-corrected chi connectivity index (χ3v) is 4.00. The molecule has 92 valence electrons. The Balaban J connectivity index is 2.49. The summed E-state index contributed by atoms with van der Waals surface area (Å²) >= 11 is 1.79. The largest absolute Gasteiger partial charge is 0.393 e. The summed E-state index contributed by atoms with van der Waals surface area (Å²) in [5.74, 6) is 0. The normalized spacial score (nSPS) is 17.1. The van der Waals surface area contributed by atoms with Crippen LogP contribution in [0.2, 0.25) is 0 Å². The molecule has 3 nitrogen and oxygen atoms in total. The minimum absolute atomic E-state index is 0.211. The van der Waals surface area contributed by atoms with E-state index in [9.17, 15) is 5.11 Å². The number of hydrogen-bond donors (Lipinski definition) is 3. The summed E-state index contributed by atoms with van der Waals surface area (Å²) in [5, 5.41) is 21.8. The smallest absolute Gasteiger partial charge is 0.0973 e. The molecule has 0 radical (unpaired) electrons. The predicted octanol–water partition coefficient (Wildman–Crippen LogP) is 1.70. The fourth-order valence-corrected chi connectivity index (χ4v) is 2.33. The highest BCUT2D eigenvalue weighted by Gasteiger charge is 2.20. The van der Waals surface area contributed by atoms with E-state index in [-0.39, 0.29) is 12.6 Å². The Hall–Kier alpha value is -0.420. The second kappa shape index (κ2) is 5.77. The lowest BCUT2D eigenvalue weighted by atomic mass is 10.1. The number of thiophene rings is 1. The summed E-state index contributed by atoms with van der Waals surface area (Å²) in [7, 11) is 0. The minimum Gasteiger partial charge on any atom is -0.393 e. The van der Waals surface area contributed by atoms with Crippen molar-refractivity contribution >= 4 is 11.3 Å². The molecule has 2 atom stereocenters. The van der Waals surface area contributed by atoms with E-state index in [1.165, 1.54) is 9.75 Å². The lowest BCUT2D eigenvalue weighted by molar-refractivity contribution is 0.00112. The number of aliphatic hydroxyl groups is 2. The van der Waals surface area contributed by atoms with Gasteiger partial charge >= 0.3 is 0 Å². The van der Waals surface area contributed by atoms with E-state index in [1.54, 1.807) is 18.3 Å². The highest BCUT2D eigenvalue weighted by molar-refractivity contribution is 7.12. The molecule has 0 aromatic carbocycles. The van der Waals surface area contributed by atoms with Gasteiger partial charge in [-0.1, -0.05) is 6.92 Å². The topological polar surface area (TPSA) is 52.5 Å². The maximum Gasteiger partial charge on any atom is 0.0973 e. The second-order valence-electron chi connectivity index (χ2n) is 4.42. The van der Waals surface area contributed by atoms with Gasteiger partial charge < -0.3 is 15.5 Å². The average Bonchev–Trinajstić information content (AvgIpc) is 2.74. The first-order chi connectivity index (χ1) is 7.48. The Bertz CT molecular complexity index is 323. The van der Waals surface area contributed by atoms with Crippen LogP contribution in [0.1, 0.15) is 36.6 Å². The van der Waals surface area contributed by atoms with Crippen molar-refractivity contribution in [3.05, 3.63) is 21.9 Å². The van der Waals surface area contributed by atoms with E-state index in [0.29, 0.717) is 6.54 Å². The molecule has 16 heavy (non-hydrogen) atoms. The molecule has 3 N–H and O–H groups in total. The van der Waals surface area contributed by atoms with Crippen molar-refractivity contribution in [3.63, 3.8) is 0 Å². The van der Waals surface area contributed by atoms with Crippen LogP contribution in [0.15, 0.2) is 12.1 Å². The Morgan fingerprint density at radius 3 is 2.69 bits per heavy atom. The van der Waals surface area contributed by atoms with Crippen molar-refractivity contribution in [3.8, 4) is 0 Å². The Morgan fingerprint density at radius 1 is 1.50 bits per heavy atom. The van der Waals surface area contributed by atoms with Gasteiger partial charge in [0.25, 0.3) is 0 Å². The highest BCUT2D eigenvalue weighted by atomic mass is 32.1. The summed E-state index contributed by atoms with van der Waals surface area (Å²) in [5.41, 5.74) is -1.04. The van der Waals surface area contributed by atoms with Gasteiger partial charge in [0, 0.05) is 22.3 Å². The van der Waals surface area contributed by atoms with Crippen LogP contribution in [-0.4, -0.2) is 29.0 Å². The molecule has 1 aromatic rings. The average molecular weight is 243 g/mol. The van der Waals surface area contributed by atoms with Crippen LogP contribution in [0.3, 0.4) is 0 Å². The fraction of sp³-hybridized carbons (Fsp3) is 0.667. The molecule has 0 aliphatic carbocycles. The first-order valence-corrected chi connectivity index (χ1v) is 6.45. The fourth-order valence-electron chi connectivity index (χ4n) is 1.35. The first kappa shape index (κ1) is 13.6. The van der Waals surface area contributed by atoms with Gasteiger partial charge in [0.2, 0.25) is 0 Å². The summed E-state index contributed by atoms with van der Waals surface area (Å²) in [4.78, 5) is 2.64. The molecule has 1 aromatic heterocycles. The highest BCUT2D eigenvalue weighted by Crippen LogP contribution is 2.23. The molecule has 2 unspecified atom stereocenters. The Morgan fingerprint density at radius 2 is 2.19 bits per heavy atom. The number of hydrogen-bond acceptors (Lipinski definition) is 4. The molecular weight excluding hydrogens is 222 g/mol. The van der Waals surface area contributed by atoms with Crippen molar-refractivity contribution in [2.75, 3.05) is 13.2 Å². The Kier molecular flexibility index (Phi) is 4.92. The van der Waals surface area contributed by atoms with Crippen LogP contribution in [-0.2, 0) is 6.42 Å². The van der Waals surface area contributed by atoms with Crippen LogP contribution < -0.4 is 5.32 Å². The van der Waals surface area contributed by atoms with Crippen molar-refractivity contribution in [2.24, 2.45) is 0 Å². The number of aliphatic hydroxyl groups excluding tert-OH is 1. The molecule has 0 saturated carbocycles. The van der Waals surface area contributed by atoms with Crippen LogP contribution in [0.4, 0.5) is 0 Å². The zero-order chi connectivity index (χ0) is 12.2. The van der Waals surface area contributed by atoms with Crippen LogP contribution in [0.5, 0.6) is 0 Å². The van der Waals surface area contributed by atoms with E-state index >= 15 is 0 Å². The third-order valence-electron chi connectivity index (χ3n) is 2.59. The molecular formula is C12H21NO2S. The zero-order valence-electron chi connectivity index (χ0n) is 10.2. The summed E-state index contributed by atoms with van der Waals surface area (Å²) in [6, 6.07) is 4.47. The Labute approximate surface area is 101 Å². The van der Waals surface area contributed by atoms with Gasteiger partial charge in [0.05, 0.1) is 12.2 Å². The molecule has 0 amide bonds. The van der Waals surface area contributed by atoms with Crippen LogP contribution in [0.25, 0.3) is 0 Å². The van der Waals surface area contributed by atoms with Crippen LogP contribution >= 0.6 is 11.3 Å². The van der Waals surface area contributed by atoms with E-state index in [2.05, 4.69) is 31.3 Å². The summed E-state index contributed by atoms with van der Waals surface area (Å²) < 4.78 is 0. The van der Waals surface area contributed by atoms with Gasteiger partial charge in [0.15, 0.2) is 0 Å². The maximum atomic E-state index is 9.66. The molecule has 0 fully saturated rings. The van der Waals surface area contributed by atoms with E-state index < -0.39 is 5.60 Å². The molecule has 4 heteroatoms. The molecule has 0 saturated heterocycles. The van der Waals surface area contributed by atoms with Gasteiger partial charge in [-0.2, -0.15) is 0 Å². The number of rotatable bonds is 6. The second-order valence-corrected chi connectivity index (χ2v) is 5.62. The van der Waals surface area contributed by atoms with E-state index in [1.807, 2.05) is 0 Å². The summed E-state index contributed by atoms with van der Waals surface area (Å²) in [6.45, 7) is 6.00. The van der Waals surface area contributed by atoms with Gasteiger partial charge in [-0.25, -0.2) is 0 Å². The quantitative estimate of drug-likeness (QED) is 0.713. The predicted molar refractivity (Wildman–Crippen MR) is 67.8 cm³/mol. The molecule has 0 bridgehead atoms. The lowest BCUT2D eigenvalue weighted by Crippen LogP contribution is -2.41. The van der Waals surface area contributed by atoms with Crippen molar-refractivity contribution in [2.45, 2.75) is 38.8 Å². The van der Waals surface area contributed by atoms with Crippen LogP contribution in [0, 0.1) is 0 Å². The maximum absolute atomic E-state index is 9.66. The first-order valence-electron chi connectivity index (χ1n) is 5.63. The molecule has 0 aliphatic heterocycles. The summed E-state index contributed by atoms with van der Waals surface area (Å²) in [6.07, 6.45) is 1.06. The molecule has 0 aliphatic rings. The SMILES string of the molecule is CCc1ccc(C(C)NCC(C)(O)CO)s1. The van der Waals surface area contributed by atoms with Crippen molar-refractivity contribution in [1.82, 2.24) is 5.32 Å². The van der Waals surface area contributed by atoms with Gasteiger partial charge in [-0.3, -0.25) is 0 Å². The lowest BCUT2D eigenvalue weighted by Gasteiger charge is -2.23. The molecule has 1 heterocycles. The van der Waals surface area contributed by atoms with E-state index in [4.69, 9.17) is 5.11 Å². The number of nitrogens with one attached hydrogen (secondary N) is 1. The third kappa shape index (κ3) is 3.87. The van der Waals surface area contributed by atoms with E-state index in [0.717, 1.165) is 6.42 Å². The monoisotopic (exact) mass is 243 g/mol. The zero-order valence-corrected chi connectivity index (χ0v) is 11.0. The van der Waals surface area contributed by atoms with Gasteiger partial charge in [-0.15, -0.1) is 11.3 Å².